The van der Waals surface area contributed by atoms with E-state index in [1.54, 1.807) is 6.92 Å². The van der Waals surface area contributed by atoms with E-state index in [9.17, 15) is 9.59 Å². The van der Waals surface area contributed by atoms with Crippen LogP contribution in [0.2, 0.25) is 0 Å². The van der Waals surface area contributed by atoms with Gasteiger partial charge in [0.1, 0.15) is 5.78 Å². The van der Waals surface area contributed by atoms with Crippen molar-refractivity contribution in [3.8, 4) is 0 Å². The van der Waals surface area contributed by atoms with Crippen LogP contribution in [0.5, 0.6) is 0 Å². The maximum Gasteiger partial charge on any atom is 0.338 e. The molecule has 3 fully saturated rings. The van der Waals surface area contributed by atoms with Crippen LogP contribution in [-0.2, 0) is 19.1 Å². The fourth-order valence-corrected chi connectivity index (χ4v) is 2.60. The number of hydrogen-bond acceptors (Lipinski definition) is 4. The standard InChI is InChI=1S/C11H16O4/c1-8(12)10-3-5-11(6-4-10,15-7-10)9(13)14-2/h3-7H2,1-2H3. The van der Waals surface area contributed by atoms with Crippen LogP contribution in [0.15, 0.2) is 0 Å². The van der Waals surface area contributed by atoms with Gasteiger partial charge in [-0.3, -0.25) is 4.79 Å². The molecule has 1 aliphatic carbocycles. The van der Waals surface area contributed by atoms with Crippen LogP contribution in [0.25, 0.3) is 0 Å². The number of ketones is 1. The molecule has 2 heterocycles. The van der Waals surface area contributed by atoms with Crippen LogP contribution >= 0.6 is 0 Å². The third-order valence-corrected chi connectivity index (χ3v) is 3.94. The Balaban J connectivity index is 2.17. The molecule has 3 aliphatic rings. The first-order valence-corrected chi connectivity index (χ1v) is 5.28. The van der Waals surface area contributed by atoms with Crippen molar-refractivity contribution in [2.24, 2.45) is 5.41 Å². The molecule has 2 aliphatic heterocycles. The van der Waals surface area contributed by atoms with Crippen LogP contribution < -0.4 is 0 Å². The molecule has 0 aromatic heterocycles. The smallest absolute Gasteiger partial charge is 0.338 e. The van der Waals surface area contributed by atoms with Gasteiger partial charge in [-0.2, -0.15) is 0 Å². The minimum Gasteiger partial charge on any atom is -0.467 e. The summed E-state index contributed by atoms with van der Waals surface area (Å²) in [6.45, 7) is 1.98. The number of esters is 1. The van der Waals surface area contributed by atoms with Gasteiger partial charge in [-0.15, -0.1) is 0 Å². The molecule has 0 unspecified atom stereocenters. The summed E-state index contributed by atoms with van der Waals surface area (Å²) in [6, 6.07) is 0. The maximum atomic E-state index is 11.6. The van der Waals surface area contributed by atoms with Gasteiger partial charge in [0.2, 0.25) is 0 Å². The zero-order chi connectivity index (χ0) is 11.1. The number of fused-ring (bicyclic) bond motifs is 3. The maximum absolute atomic E-state index is 11.6. The summed E-state index contributed by atoms with van der Waals surface area (Å²) in [4.78, 5) is 23.1. The minimum absolute atomic E-state index is 0.181. The number of carbonyl (C=O) groups is 2. The zero-order valence-electron chi connectivity index (χ0n) is 9.17. The third kappa shape index (κ3) is 1.39. The molecule has 0 amide bonds. The Morgan fingerprint density at radius 1 is 1.20 bits per heavy atom. The van der Waals surface area contributed by atoms with Gasteiger partial charge in [0.15, 0.2) is 5.60 Å². The summed E-state index contributed by atoms with van der Waals surface area (Å²) in [5, 5.41) is 0. The Morgan fingerprint density at radius 3 is 2.13 bits per heavy atom. The summed E-state index contributed by atoms with van der Waals surface area (Å²) in [6.07, 6.45) is 2.72. The van der Waals surface area contributed by atoms with Crippen molar-refractivity contribution in [3.05, 3.63) is 0 Å². The molecule has 15 heavy (non-hydrogen) atoms. The van der Waals surface area contributed by atoms with Gasteiger partial charge in [0.25, 0.3) is 0 Å². The minimum atomic E-state index is -0.758. The Bertz CT molecular complexity index is 283. The first kappa shape index (κ1) is 10.6. The molecule has 4 heteroatoms. The second-order valence-corrected chi connectivity index (χ2v) is 4.61. The summed E-state index contributed by atoms with van der Waals surface area (Å²) in [7, 11) is 1.38. The highest BCUT2D eigenvalue weighted by Crippen LogP contribution is 2.49. The molecule has 0 aromatic rings. The lowest BCUT2D eigenvalue weighted by atomic mass is 9.64. The summed E-state index contributed by atoms with van der Waals surface area (Å²) in [5.74, 6) is -0.111. The number of carbonyl (C=O) groups excluding carboxylic acids is 2. The van der Waals surface area contributed by atoms with Crippen molar-refractivity contribution in [1.29, 1.82) is 0 Å². The molecule has 84 valence electrons. The summed E-state index contributed by atoms with van der Waals surface area (Å²) in [5.41, 5.74) is -1.08. The van der Waals surface area contributed by atoms with E-state index in [4.69, 9.17) is 9.47 Å². The summed E-state index contributed by atoms with van der Waals surface area (Å²) < 4.78 is 10.3. The quantitative estimate of drug-likeness (QED) is 0.643. The van der Waals surface area contributed by atoms with E-state index in [2.05, 4.69) is 0 Å². The second-order valence-electron chi connectivity index (χ2n) is 4.61. The molecule has 3 rings (SSSR count). The molecule has 4 nitrogen and oxygen atoms in total. The van der Waals surface area contributed by atoms with Crippen LogP contribution in [0.1, 0.15) is 32.6 Å². The van der Waals surface area contributed by atoms with Crippen LogP contribution in [-0.4, -0.2) is 31.1 Å². The highest BCUT2D eigenvalue weighted by atomic mass is 16.6. The monoisotopic (exact) mass is 212 g/mol. The fourth-order valence-electron chi connectivity index (χ4n) is 2.60. The zero-order valence-corrected chi connectivity index (χ0v) is 9.17. The van der Waals surface area contributed by atoms with Crippen molar-refractivity contribution in [3.63, 3.8) is 0 Å². The first-order valence-electron chi connectivity index (χ1n) is 5.28. The van der Waals surface area contributed by atoms with E-state index in [1.165, 1.54) is 7.11 Å². The van der Waals surface area contributed by atoms with E-state index < -0.39 is 5.60 Å². The van der Waals surface area contributed by atoms with Gasteiger partial charge < -0.3 is 9.47 Å². The molecule has 0 N–H and O–H groups in total. The van der Waals surface area contributed by atoms with Crippen LogP contribution in [0, 0.1) is 5.41 Å². The molecule has 2 bridgehead atoms. The van der Waals surface area contributed by atoms with Crippen molar-refractivity contribution in [2.45, 2.75) is 38.2 Å². The van der Waals surface area contributed by atoms with Crippen molar-refractivity contribution >= 4 is 11.8 Å². The van der Waals surface area contributed by atoms with Gasteiger partial charge in [0.05, 0.1) is 19.1 Å². The van der Waals surface area contributed by atoms with E-state index in [-0.39, 0.29) is 17.2 Å². The average Bonchev–Trinajstić information content (AvgIpc) is 2.30. The second kappa shape index (κ2) is 3.30. The average molecular weight is 212 g/mol. The Labute approximate surface area is 88.9 Å². The van der Waals surface area contributed by atoms with Gasteiger partial charge >= 0.3 is 5.97 Å². The van der Waals surface area contributed by atoms with Crippen molar-refractivity contribution in [1.82, 2.24) is 0 Å². The Morgan fingerprint density at radius 2 is 1.80 bits per heavy atom. The molecule has 0 atom stereocenters. The van der Waals surface area contributed by atoms with Gasteiger partial charge in [-0.1, -0.05) is 0 Å². The first-order chi connectivity index (χ1) is 7.05. The lowest BCUT2D eigenvalue weighted by molar-refractivity contribution is -0.209. The predicted octanol–water partition coefficient (Wildman–Crippen LogP) is 1.08. The van der Waals surface area contributed by atoms with E-state index >= 15 is 0 Å². The lowest BCUT2D eigenvalue weighted by Gasteiger charge is -2.50. The molecule has 0 aromatic carbocycles. The molecule has 2 saturated heterocycles. The van der Waals surface area contributed by atoms with E-state index in [0.717, 1.165) is 12.8 Å². The lowest BCUT2D eigenvalue weighted by Crippen LogP contribution is -2.57. The fraction of sp³-hybridized carbons (Fsp3) is 0.818. The van der Waals surface area contributed by atoms with Gasteiger partial charge in [-0.25, -0.2) is 4.79 Å². The normalized spacial score (nSPS) is 38.8. The largest absolute Gasteiger partial charge is 0.467 e. The highest BCUT2D eigenvalue weighted by Gasteiger charge is 2.56. The predicted molar refractivity (Wildman–Crippen MR) is 52.3 cm³/mol. The van der Waals surface area contributed by atoms with E-state index in [1.807, 2.05) is 0 Å². The number of methoxy groups -OCH3 is 1. The number of Topliss-reactive ketones (excluding diaryl/α,β-unsaturated/α-hetero) is 1. The van der Waals surface area contributed by atoms with Gasteiger partial charge in [-0.05, 0) is 32.6 Å². The van der Waals surface area contributed by atoms with E-state index in [0.29, 0.717) is 19.4 Å². The molecular weight excluding hydrogens is 196 g/mol. The third-order valence-electron chi connectivity index (χ3n) is 3.94. The van der Waals surface area contributed by atoms with Crippen molar-refractivity contribution in [2.75, 3.05) is 13.7 Å². The highest BCUT2D eigenvalue weighted by molar-refractivity contribution is 5.85. The van der Waals surface area contributed by atoms with Crippen LogP contribution in [0.3, 0.4) is 0 Å². The van der Waals surface area contributed by atoms with Crippen molar-refractivity contribution < 1.29 is 19.1 Å². The van der Waals surface area contributed by atoms with Crippen LogP contribution in [0.4, 0.5) is 0 Å². The Hall–Kier alpha value is -0.900. The molecular formula is C11H16O4. The number of ether oxygens (including phenoxy) is 2. The molecule has 0 radical (unpaired) electrons. The number of hydrogen-bond donors (Lipinski definition) is 0. The molecule has 0 spiro atoms. The van der Waals surface area contributed by atoms with Gasteiger partial charge in [0, 0.05) is 0 Å². The topological polar surface area (TPSA) is 52.6 Å². The SMILES string of the molecule is COC(=O)C12CCC(C(C)=O)(CC1)CO2. The summed E-state index contributed by atoms with van der Waals surface area (Å²) >= 11 is 0. The number of rotatable bonds is 2. The Kier molecular flexibility index (Phi) is 2.34. The molecule has 1 saturated carbocycles.